The summed E-state index contributed by atoms with van der Waals surface area (Å²) in [6, 6.07) is 3.46. The van der Waals surface area contributed by atoms with Crippen molar-refractivity contribution in [2.24, 2.45) is 0 Å². The van der Waals surface area contributed by atoms with E-state index in [1.54, 1.807) is 6.07 Å². The minimum atomic E-state index is -0.0618. The first-order chi connectivity index (χ1) is 9.13. The molecule has 0 spiro atoms. The molecule has 1 aliphatic heterocycles. The van der Waals surface area contributed by atoms with E-state index < -0.39 is 0 Å². The molecule has 0 saturated carbocycles. The summed E-state index contributed by atoms with van der Waals surface area (Å²) >= 11 is 0. The van der Waals surface area contributed by atoms with Crippen LogP contribution in [0, 0.1) is 0 Å². The molecule has 0 bridgehead atoms. The molecule has 0 amide bonds. The average molecular weight is 255 g/mol. The zero-order valence-electron chi connectivity index (χ0n) is 10.7. The van der Waals surface area contributed by atoms with Gasteiger partial charge in [-0.05, 0) is 28.3 Å². The maximum Gasteiger partial charge on any atom is 0.161 e. The fourth-order valence-corrected chi connectivity index (χ4v) is 3.15. The fourth-order valence-electron chi connectivity index (χ4n) is 3.15. The summed E-state index contributed by atoms with van der Waals surface area (Å²) in [7, 11) is 0. The molecule has 3 rings (SSSR count). The Labute approximate surface area is 112 Å². The third kappa shape index (κ3) is 1.70. The van der Waals surface area contributed by atoms with Crippen molar-refractivity contribution in [1.82, 2.24) is 5.32 Å². The van der Waals surface area contributed by atoms with E-state index >= 15 is 0 Å². The number of fused-ring (bicyclic) bond motifs is 3. The van der Waals surface area contributed by atoms with Gasteiger partial charge in [-0.3, -0.25) is 0 Å². The van der Waals surface area contributed by atoms with E-state index in [4.69, 9.17) is 0 Å². The van der Waals surface area contributed by atoms with E-state index in [0.717, 1.165) is 35.4 Å². The van der Waals surface area contributed by atoms with Crippen molar-refractivity contribution in [3.05, 3.63) is 59.2 Å². The van der Waals surface area contributed by atoms with Gasteiger partial charge in [0.15, 0.2) is 11.5 Å². The molecule has 1 aromatic carbocycles. The van der Waals surface area contributed by atoms with Crippen LogP contribution in [0.1, 0.15) is 17.0 Å². The highest BCUT2D eigenvalue weighted by Gasteiger charge is 2.32. The number of phenols is 2. The zero-order valence-corrected chi connectivity index (χ0v) is 10.7. The van der Waals surface area contributed by atoms with E-state index in [-0.39, 0.29) is 17.4 Å². The number of nitrogens with one attached hydrogen (secondary N) is 1. The summed E-state index contributed by atoms with van der Waals surface area (Å²) in [5, 5.41) is 23.1. The molecule has 1 aromatic rings. The normalized spacial score (nSPS) is 21.9. The Morgan fingerprint density at radius 1 is 1.32 bits per heavy atom. The van der Waals surface area contributed by atoms with Gasteiger partial charge in [-0.25, -0.2) is 0 Å². The highest BCUT2D eigenvalue weighted by molar-refractivity contribution is 5.61. The van der Waals surface area contributed by atoms with Crippen LogP contribution in [0.2, 0.25) is 0 Å². The molecular weight excluding hydrogens is 238 g/mol. The SMILES string of the molecule is C=CC1=C2C(=C)CNCC2c2ccc(O)c(O)c2C1. The van der Waals surface area contributed by atoms with Gasteiger partial charge in [0.25, 0.3) is 0 Å². The third-order valence-electron chi connectivity index (χ3n) is 4.05. The van der Waals surface area contributed by atoms with Gasteiger partial charge in [0.2, 0.25) is 0 Å². The molecule has 0 radical (unpaired) electrons. The lowest BCUT2D eigenvalue weighted by Crippen LogP contribution is -2.34. The van der Waals surface area contributed by atoms with E-state index in [1.807, 2.05) is 12.1 Å². The molecule has 1 aliphatic carbocycles. The van der Waals surface area contributed by atoms with Gasteiger partial charge in [0.1, 0.15) is 0 Å². The lowest BCUT2D eigenvalue weighted by Gasteiger charge is -2.35. The third-order valence-corrected chi connectivity index (χ3v) is 4.05. The Bertz CT molecular complexity index is 613. The van der Waals surface area contributed by atoms with E-state index in [0.29, 0.717) is 6.42 Å². The van der Waals surface area contributed by atoms with Crippen LogP contribution < -0.4 is 5.32 Å². The molecule has 19 heavy (non-hydrogen) atoms. The number of allylic oxidation sites excluding steroid dienone is 2. The standard InChI is InChI=1S/C16H17NO2/c1-3-10-6-12-11(4-5-14(18)16(12)19)13-8-17-7-9(2)15(10)13/h3-5,13,17-19H,1-2,6-8H2. The van der Waals surface area contributed by atoms with Gasteiger partial charge < -0.3 is 15.5 Å². The van der Waals surface area contributed by atoms with Crippen LogP contribution in [0.25, 0.3) is 0 Å². The van der Waals surface area contributed by atoms with Gasteiger partial charge in [0.05, 0.1) is 0 Å². The van der Waals surface area contributed by atoms with Crippen LogP contribution in [0.4, 0.5) is 0 Å². The average Bonchev–Trinajstić information content (AvgIpc) is 2.42. The predicted molar refractivity (Wildman–Crippen MR) is 75.4 cm³/mol. The number of piperidine rings is 1. The lowest BCUT2D eigenvalue weighted by atomic mass is 9.73. The first-order valence-electron chi connectivity index (χ1n) is 6.41. The van der Waals surface area contributed by atoms with Crippen LogP contribution in [0.15, 0.2) is 48.1 Å². The Hall–Kier alpha value is -2.00. The Kier molecular flexibility index (Phi) is 2.72. The Morgan fingerprint density at radius 3 is 2.84 bits per heavy atom. The molecule has 1 unspecified atom stereocenters. The summed E-state index contributed by atoms with van der Waals surface area (Å²) in [6.45, 7) is 9.62. The predicted octanol–water partition coefficient (Wildman–Crippen LogP) is 2.38. The number of hydrogen-bond acceptors (Lipinski definition) is 3. The number of benzene rings is 1. The molecule has 2 aliphatic rings. The van der Waals surface area contributed by atoms with Crippen molar-refractivity contribution >= 4 is 0 Å². The summed E-state index contributed by atoms with van der Waals surface area (Å²) in [6.07, 6.45) is 2.44. The minimum absolute atomic E-state index is 0.00733. The van der Waals surface area contributed by atoms with Crippen LogP contribution in [0.3, 0.4) is 0 Å². The maximum atomic E-state index is 10.1. The highest BCUT2D eigenvalue weighted by atomic mass is 16.3. The monoisotopic (exact) mass is 255 g/mol. The largest absolute Gasteiger partial charge is 0.504 e. The Morgan fingerprint density at radius 2 is 2.11 bits per heavy atom. The van der Waals surface area contributed by atoms with Gasteiger partial charge in [-0.1, -0.05) is 25.3 Å². The fraction of sp³-hybridized carbons (Fsp3) is 0.250. The van der Waals surface area contributed by atoms with Crippen molar-refractivity contribution in [1.29, 1.82) is 0 Å². The number of rotatable bonds is 1. The molecule has 3 heteroatoms. The summed E-state index contributed by atoms with van der Waals surface area (Å²) in [5.74, 6) is 0.116. The van der Waals surface area contributed by atoms with Crippen LogP contribution >= 0.6 is 0 Å². The molecule has 1 fully saturated rings. The van der Waals surface area contributed by atoms with Crippen molar-refractivity contribution in [2.75, 3.05) is 13.1 Å². The van der Waals surface area contributed by atoms with E-state index in [2.05, 4.69) is 18.5 Å². The number of phenolic OH excluding ortho intramolecular Hbond substituents is 2. The molecule has 98 valence electrons. The molecule has 3 nitrogen and oxygen atoms in total. The smallest absolute Gasteiger partial charge is 0.161 e. The molecule has 1 heterocycles. The van der Waals surface area contributed by atoms with Gasteiger partial charge >= 0.3 is 0 Å². The second-order valence-corrected chi connectivity index (χ2v) is 5.11. The van der Waals surface area contributed by atoms with Crippen molar-refractivity contribution < 1.29 is 10.2 Å². The Balaban J connectivity index is 2.22. The zero-order chi connectivity index (χ0) is 13.6. The molecular formula is C16H17NO2. The van der Waals surface area contributed by atoms with Crippen molar-refractivity contribution in [3.8, 4) is 11.5 Å². The molecule has 1 atom stereocenters. The van der Waals surface area contributed by atoms with E-state index in [1.165, 1.54) is 5.57 Å². The second kappa shape index (κ2) is 4.28. The summed E-state index contributed by atoms with van der Waals surface area (Å²) < 4.78 is 0. The summed E-state index contributed by atoms with van der Waals surface area (Å²) in [4.78, 5) is 0. The van der Waals surface area contributed by atoms with E-state index in [9.17, 15) is 10.2 Å². The molecule has 3 N–H and O–H groups in total. The summed E-state index contributed by atoms with van der Waals surface area (Å²) in [5.41, 5.74) is 5.31. The second-order valence-electron chi connectivity index (χ2n) is 5.11. The maximum absolute atomic E-state index is 10.1. The lowest BCUT2D eigenvalue weighted by molar-refractivity contribution is 0.398. The van der Waals surface area contributed by atoms with Gasteiger partial charge in [-0.15, -0.1) is 0 Å². The van der Waals surface area contributed by atoms with Crippen molar-refractivity contribution in [2.45, 2.75) is 12.3 Å². The van der Waals surface area contributed by atoms with Crippen LogP contribution in [-0.2, 0) is 6.42 Å². The number of hydrogen-bond donors (Lipinski definition) is 3. The quantitative estimate of drug-likeness (QED) is 0.675. The first-order valence-corrected chi connectivity index (χ1v) is 6.41. The first kappa shape index (κ1) is 12.1. The van der Waals surface area contributed by atoms with Gasteiger partial charge in [-0.2, -0.15) is 0 Å². The topological polar surface area (TPSA) is 52.5 Å². The highest BCUT2D eigenvalue weighted by Crippen LogP contribution is 2.45. The van der Waals surface area contributed by atoms with Crippen molar-refractivity contribution in [3.63, 3.8) is 0 Å². The minimum Gasteiger partial charge on any atom is -0.504 e. The molecule has 1 saturated heterocycles. The van der Waals surface area contributed by atoms with Gasteiger partial charge in [0, 0.05) is 31.0 Å². The number of aromatic hydroxyl groups is 2. The van der Waals surface area contributed by atoms with Crippen LogP contribution in [-0.4, -0.2) is 23.3 Å². The molecule has 0 aromatic heterocycles. The van der Waals surface area contributed by atoms with Crippen LogP contribution in [0.5, 0.6) is 11.5 Å².